The van der Waals surface area contributed by atoms with Crippen LogP contribution >= 0.6 is 0 Å². The second-order valence-electron chi connectivity index (χ2n) is 10.7. The first-order valence-corrected chi connectivity index (χ1v) is 13.3. The van der Waals surface area contributed by atoms with E-state index in [0.29, 0.717) is 18.4 Å². The number of hydrogen-bond acceptors (Lipinski definition) is 4. The van der Waals surface area contributed by atoms with Crippen molar-refractivity contribution in [2.75, 3.05) is 44.7 Å². The molecule has 1 aromatic carbocycles. The lowest BCUT2D eigenvalue weighted by Crippen LogP contribution is -2.46. The van der Waals surface area contributed by atoms with Crippen LogP contribution < -0.4 is 4.90 Å². The average Bonchev–Trinajstić information content (AvgIpc) is 3.18. The molecule has 6 heteroatoms. The van der Waals surface area contributed by atoms with Crippen molar-refractivity contribution in [3.05, 3.63) is 41.6 Å². The standard InChI is InChI=1S/C28H43N5O/c1-22(2)15-16-32(28(34)24-11-7-5-8-12-24)21-26-23(3)29-33(25-13-9-6-10-14-25)27(26)31-19-17-30(4)18-20-31/h6,9-10,13-14,22,24H,5,7-8,11-12,15-21H2,1-4H3. The normalized spacial score (nSPS) is 18.0. The lowest BCUT2D eigenvalue weighted by molar-refractivity contribution is -0.137. The Balaban J connectivity index is 1.68. The molecule has 1 saturated heterocycles. The third kappa shape index (κ3) is 5.83. The van der Waals surface area contributed by atoms with Gasteiger partial charge in [0.15, 0.2) is 0 Å². The summed E-state index contributed by atoms with van der Waals surface area (Å²) in [5.41, 5.74) is 3.32. The molecule has 0 unspecified atom stereocenters. The fraction of sp³-hybridized carbons (Fsp3) is 0.643. The molecule has 2 heterocycles. The zero-order chi connectivity index (χ0) is 24.1. The predicted molar refractivity (Wildman–Crippen MR) is 139 cm³/mol. The van der Waals surface area contributed by atoms with Gasteiger partial charge in [0.25, 0.3) is 0 Å². The van der Waals surface area contributed by atoms with Gasteiger partial charge in [-0.15, -0.1) is 0 Å². The van der Waals surface area contributed by atoms with Crippen LogP contribution in [-0.2, 0) is 11.3 Å². The van der Waals surface area contributed by atoms with E-state index in [1.807, 2.05) is 6.07 Å². The number of carbonyl (C=O) groups excluding carboxylic acids is 1. The van der Waals surface area contributed by atoms with E-state index < -0.39 is 0 Å². The van der Waals surface area contributed by atoms with E-state index in [-0.39, 0.29) is 5.92 Å². The average molecular weight is 466 g/mol. The van der Waals surface area contributed by atoms with E-state index in [1.54, 1.807) is 0 Å². The topological polar surface area (TPSA) is 44.6 Å². The highest BCUT2D eigenvalue weighted by atomic mass is 16.2. The highest BCUT2D eigenvalue weighted by Gasteiger charge is 2.30. The number of anilines is 1. The molecule has 4 rings (SSSR count). The van der Waals surface area contributed by atoms with E-state index in [4.69, 9.17) is 5.10 Å². The second-order valence-corrected chi connectivity index (χ2v) is 10.7. The summed E-state index contributed by atoms with van der Waals surface area (Å²) in [4.78, 5) is 20.7. The highest BCUT2D eigenvalue weighted by molar-refractivity contribution is 5.79. The van der Waals surface area contributed by atoms with E-state index in [9.17, 15) is 4.79 Å². The van der Waals surface area contributed by atoms with Crippen LogP contribution in [0.25, 0.3) is 5.69 Å². The molecule has 34 heavy (non-hydrogen) atoms. The minimum atomic E-state index is 0.192. The maximum Gasteiger partial charge on any atom is 0.225 e. The Kier molecular flexibility index (Phi) is 8.30. The lowest BCUT2D eigenvalue weighted by Gasteiger charge is -2.36. The van der Waals surface area contributed by atoms with E-state index in [1.165, 1.54) is 30.6 Å². The fourth-order valence-corrected chi connectivity index (χ4v) is 5.30. The van der Waals surface area contributed by atoms with Gasteiger partial charge in [-0.3, -0.25) is 4.79 Å². The monoisotopic (exact) mass is 465 g/mol. The number of aromatic nitrogens is 2. The van der Waals surface area contributed by atoms with Crippen LogP contribution in [0, 0.1) is 18.8 Å². The van der Waals surface area contributed by atoms with Crippen LogP contribution in [0.15, 0.2) is 30.3 Å². The van der Waals surface area contributed by atoms with Crippen molar-refractivity contribution >= 4 is 11.7 Å². The van der Waals surface area contributed by atoms with E-state index in [0.717, 1.165) is 63.4 Å². The van der Waals surface area contributed by atoms with Gasteiger partial charge >= 0.3 is 0 Å². The third-order valence-corrected chi connectivity index (χ3v) is 7.55. The number of para-hydroxylation sites is 1. The molecule has 1 aliphatic carbocycles. The Hall–Kier alpha value is -2.34. The van der Waals surface area contributed by atoms with Gasteiger partial charge in [0, 0.05) is 44.2 Å². The van der Waals surface area contributed by atoms with Crippen molar-refractivity contribution in [1.29, 1.82) is 0 Å². The van der Waals surface area contributed by atoms with Gasteiger partial charge in [0.1, 0.15) is 5.82 Å². The highest BCUT2D eigenvalue weighted by Crippen LogP contribution is 2.32. The first-order chi connectivity index (χ1) is 16.4. The number of aryl methyl sites for hydroxylation is 1. The molecule has 2 fully saturated rings. The summed E-state index contributed by atoms with van der Waals surface area (Å²) < 4.78 is 2.11. The van der Waals surface area contributed by atoms with Crippen LogP contribution in [0.5, 0.6) is 0 Å². The molecular formula is C28H43N5O. The fourth-order valence-electron chi connectivity index (χ4n) is 5.30. The smallest absolute Gasteiger partial charge is 0.225 e. The van der Waals surface area contributed by atoms with Gasteiger partial charge in [0.05, 0.1) is 17.9 Å². The van der Waals surface area contributed by atoms with Crippen LogP contribution in [-0.4, -0.2) is 65.3 Å². The van der Waals surface area contributed by atoms with Gasteiger partial charge in [-0.1, -0.05) is 51.3 Å². The molecule has 0 bridgehead atoms. The van der Waals surface area contributed by atoms with E-state index >= 15 is 0 Å². The summed E-state index contributed by atoms with van der Waals surface area (Å²) in [7, 11) is 2.19. The second kappa shape index (κ2) is 11.4. The Labute approximate surface area is 205 Å². The van der Waals surface area contributed by atoms with Crippen molar-refractivity contribution in [2.45, 2.75) is 65.8 Å². The molecule has 2 aliphatic rings. The largest absolute Gasteiger partial charge is 0.354 e. The van der Waals surface area contributed by atoms with Gasteiger partial charge in [-0.2, -0.15) is 5.10 Å². The van der Waals surface area contributed by atoms with Gasteiger partial charge in [0.2, 0.25) is 5.91 Å². The summed E-state index contributed by atoms with van der Waals surface area (Å²) in [5, 5.41) is 5.02. The van der Waals surface area contributed by atoms with Gasteiger partial charge in [-0.25, -0.2) is 4.68 Å². The van der Waals surface area contributed by atoms with E-state index in [2.05, 4.69) is 71.5 Å². The van der Waals surface area contributed by atoms with Gasteiger partial charge < -0.3 is 14.7 Å². The third-order valence-electron chi connectivity index (χ3n) is 7.55. The molecule has 0 spiro atoms. The number of likely N-dealkylation sites (N-methyl/N-ethyl adjacent to an activating group) is 1. The molecule has 1 saturated carbocycles. The molecule has 1 amide bonds. The maximum absolute atomic E-state index is 13.7. The van der Waals surface area contributed by atoms with Crippen LogP contribution in [0.1, 0.15) is 63.6 Å². The summed E-state index contributed by atoms with van der Waals surface area (Å²) in [5.74, 6) is 2.30. The van der Waals surface area contributed by atoms with Crippen LogP contribution in [0.2, 0.25) is 0 Å². The first kappa shape index (κ1) is 24.8. The summed E-state index contributed by atoms with van der Waals surface area (Å²) in [6, 6.07) is 10.4. The minimum Gasteiger partial charge on any atom is -0.354 e. The minimum absolute atomic E-state index is 0.192. The van der Waals surface area contributed by atoms with Crippen molar-refractivity contribution in [3.8, 4) is 5.69 Å². The molecule has 1 aliphatic heterocycles. The molecule has 0 N–H and O–H groups in total. The summed E-state index contributed by atoms with van der Waals surface area (Å²) in [6.45, 7) is 12.1. The predicted octanol–water partition coefficient (Wildman–Crippen LogP) is 4.89. The Morgan fingerprint density at radius 2 is 1.74 bits per heavy atom. The summed E-state index contributed by atoms with van der Waals surface area (Å²) >= 11 is 0. The molecule has 1 aromatic heterocycles. The zero-order valence-corrected chi connectivity index (χ0v) is 21.7. The van der Waals surface area contributed by atoms with Crippen molar-refractivity contribution < 1.29 is 4.79 Å². The van der Waals surface area contributed by atoms with Crippen molar-refractivity contribution in [3.63, 3.8) is 0 Å². The van der Waals surface area contributed by atoms with Gasteiger partial charge in [-0.05, 0) is 51.3 Å². The number of rotatable bonds is 8. The zero-order valence-electron chi connectivity index (χ0n) is 21.7. The molecule has 2 aromatic rings. The molecular weight excluding hydrogens is 422 g/mol. The van der Waals surface area contributed by atoms with Crippen LogP contribution in [0.4, 0.5) is 5.82 Å². The Bertz CT molecular complexity index is 924. The quantitative estimate of drug-likeness (QED) is 0.557. The number of nitrogens with zero attached hydrogens (tertiary/aromatic N) is 5. The van der Waals surface area contributed by atoms with Crippen molar-refractivity contribution in [2.24, 2.45) is 11.8 Å². The molecule has 0 atom stereocenters. The first-order valence-electron chi connectivity index (χ1n) is 13.3. The lowest BCUT2D eigenvalue weighted by atomic mass is 9.88. The van der Waals surface area contributed by atoms with Crippen LogP contribution in [0.3, 0.4) is 0 Å². The number of hydrogen-bond donors (Lipinski definition) is 0. The number of piperazine rings is 1. The van der Waals surface area contributed by atoms with Crippen molar-refractivity contribution in [1.82, 2.24) is 19.6 Å². The Morgan fingerprint density at radius 3 is 2.38 bits per heavy atom. The number of carbonyl (C=O) groups is 1. The number of amides is 1. The molecule has 0 radical (unpaired) electrons. The SMILES string of the molecule is Cc1nn(-c2ccccc2)c(N2CCN(C)CC2)c1CN(CCC(C)C)C(=O)C1CCCCC1. The Morgan fingerprint density at radius 1 is 1.06 bits per heavy atom. The number of benzene rings is 1. The molecule has 6 nitrogen and oxygen atoms in total. The summed E-state index contributed by atoms with van der Waals surface area (Å²) in [6.07, 6.45) is 6.77. The molecule has 186 valence electrons. The maximum atomic E-state index is 13.7.